The first-order valence-electron chi connectivity index (χ1n) is 6.20. The van der Waals surface area contributed by atoms with Gasteiger partial charge >= 0.3 is 0 Å². The molecule has 1 amide bonds. The van der Waals surface area contributed by atoms with Crippen LogP contribution in [-0.4, -0.2) is 35.1 Å². The molecule has 4 heteroatoms. The van der Waals surface area contributed by atoms with Crippen LogP contribution >= 0.6 is 0 Å². The summed E-state index contributed by atoms with van der Waals surface area (Å²) in [5.74, 6) is 0.235. The number of furan rings is 1. The van der Waals surface area contributed by atoms with Crippen molar-refractivity contribution in [3.8, 4) is 0 Å². The Bertz CT molecular complexity index is 538. The first-order valence-corrected chi connectivity index (χ1v) is 6.20. The summed E-state index contributed by atoms with van der Waals surface area (Å²) in [6, 6.07) is 9.61. The Morgan fingerprint density at radius 2 is 2.17 bits per heavy atom. The third-order valence-corrected chi connectivity index (χ3v) is 3.23. The molecule has 0 aliphatic heterocycles. The third-order valence-electron chi connectivity index (χ3n) is 3.23. The van der Waals surface area contributed by atoms with E-state index in [0.717, 1.165) is 23.8 Å². The lowest BCUT2D eigenvalue weighted by atomic mass is 10.2. The Balaban J connectivity index is 1.90. The number of rotatable bonds is 4. The van der Waals surface area contributed by atoms with Crippen molar-refractivity contribution < 1.29 is 14.3 Å². The fourth-order valence-electron chi connectivity index (χ4n) is 2.17. The van der Waals surface area contributed by atoms with Crippen LogP contribution in [-0.2, 0) is 0 Å². The smallest absolute Gasteiger partial charge is 0.289 e. The van der Waals surface area contributed by atoms with Crippen molar-refractivity contribution in [1.82, 2.24) is 4.90 Å². The highest BCUT2D eigenvalue weighted by Gasteiger charge is 2.33. The van der Waals surface area contributed by atoms with E-state index in [1.807, 2.05) is 24.3 Å². The maximum atomic E-state index is 12.3. The minimum Gasteiger partial charge on any atom is -0.451 e. The van der Waals surface area contributed by atoms with E-state index in [1.54, 1.807) is 11.0 Å². The number of para-hydroxylation sites is 1. The van der Waals surface area contributed by atoms with Gasteiger partial charge in [0.25, 0.3) is 5.91 Å². The van der Waals surface area contributed by atoms with E-state index in [0.29, 0.717) is 12.3 Å². The zero-order valence-electron chi connectivity index (χ0n) is 10.0. The molecule has 0 saturated heterocycles. The molecule has 0 radical (unpaired) electrons. The molecule has 0 bridgehead atoms. The summed E-state index contributed by atoms with van der Waals surface area (Å²) in [6.45, 7) is 0.364. The highest BCUT2D eigenvalue weighted by atomic mass is 16.3. The molecule has 3 rings (SSSR count). The molecule has 2 aromatic rings. The first kappa shape index (κ1) is 11.3. The second-order valence-corrected chi connectivity index (χ2v) is 4.60. The quantitative estimate of drug-likeness (QED) is 0.896. The standard InChI is InChI=1S/C14H15NO3/c16-8-7-15(11-5-6-11)14(17)13-9-10-3-1-2-4-12(10)18-13/h1-4,9,11,16H,5-8H2. The Hall–Kier alpha value is -1.81. The Morgan fingerprint density at radius 1 is 1.39 bits per heavy atom. The molecule has 1 aliphatic rings. The number of hydrogen-bond acceptors (Lipinski definition) is 3. The molecule has 4 nitrogen and oxygen atoms in total. The highest BCUT2D eigenvalue weighted by Crippen LogP contribution is 2.29. The van der Waals surface area contributed by atoms with Crippen LogP contribution in [0.2, 0.25) is 0 Å². The van der Waals surface area contributed by atoms with Crippen molar-refractivity contribution in [3.05, 3.63) is 36.1 Å². The summed E-state index contributed by atoms with van der Waals surface area (Å²) >= 11 is 0. The van der Waals surface area contributed by atoms with Gasteiger partial charge in [0.15, 0.2) is 5.76 Å². The molecule has 94 valence electrons. The highest BCUT2D eigenvalue weighted by molar-refractivity contribution is 5.96. The second kappa shape index (κ2) is 4.46. The molecule has 0 spiro atoms. The molecular weight excluding hydrogens is 230 g/mol. The zero-order valence-corrected chi connectivity index (χ0v) is 10.0. The Morgan fingerprint density at radius 3 is 2.83 bits per heavy atom. The first-order chi connectivity index (χ1) is 8.79. The van der Waals surface area contributed by atoms with Crippen LogP contribution in [0.3, 0.4) is 0 Å². The number of carbonyl (C=O) groups excluding carboxylic acids is 1. The van der Waals surface area contributed by atoms with E-state index >= 15 is 0 Å². The van der Waals surface area contributed by atoms with Crippen molar-refractivity contribution in [2.45, 2.75) is 18.9 Å². The van der Waals surface area contributed by atoms with Crippen molar-refractivity contribution >= 4 is 16.9 Å². The molecular formula is C14H15NO3. The van der Waals surface area contributed by atoms with E-state index in [4.69, 9.17) is 9.52 Å². The second-order valence-electron chi connectivity index (χ2n) is 4.60. The lowest BCUT2D eigenvalue weighted by molar-refractivity contribution is 0.0678. The van der Waals surface area contributed by atoms with Gasteiger partial charge in [0.2, 0.25) is 0 Å². The molecule has 1 aromatic heterocycles. The van der Waals surface area contributed by atoms with Crippen molar-refractivity contribution in [3.63, 3.8) is 0 Å². The number of benzene rings is 1. The number of fused-ring (bicyclic) bond motifs is 1. The summed E-state index contributed by atoms with van der Waals surface area (Å²) < 4.78 is 5.56. The summed E-state index contributed by atoms with van der Waals surface area (Å²) in [5.41, 5.74) is 0.723. The van der Waals surface area contributed by atoms with Gasteiger partial charge in [-0.1, -0.05) is 18.2 Å². The molecule has 1 fully saturated rings. The Labute approximate surface area is 105 Å². The predicted octanol–water partition coefficient (Wildman–Crippen LogP) is 2.03. The summed E-state index contributed by atoms with van der Waals surface area (Å²) in [6.07, 6.45) is 2.04. The maximum absolute atomic E-state index is 12.3. The zero-order chi connectivity index (χ0) is 12.5. The molecule has 1 N–H and O–H groups in total. The van der Waals surface area contributed by atoms with Crippen LogP contribution < -0.4 is 0 Å². The minimum atomic E-state index is -0.122. The molecule has 1 heterocycles. The third kappa shape index (κ3) is 1.99. The predicted molar refractivity (Wildman–Crippen MR) is 67.4 cm³/mol. The summed E-state index contributed by atoms with van der Waals surface area (Å²) in [4.78, 5) is 14.0. The van der Waals surface area contributed by atoms with Crippen LogP contribution in [0.25, 0.3) is 11.0 Å². The van der Waals surface area contributed by atoms with Gasteiger partial charge in [0.05, 0.1) is 6.61 Å². The van der Waals surface area contributed by atoms with Crippen LogP contribution in [0.4, 0.5) is 0 Å². The average molecular weight is 245 g/mol. The minimum absolute atomic E-state index is 0.0114. The average Bonchev–Trinajstić information content (AvgIpc) is 3.13. The van der Waals surface area contributed by atoms with Gasteiger partial charge in [-0.05, 0) is 25.0 Å². The van der Waals surface area contributed by atoms with Crippen LogP contribution in [0.1, 0.15) is 23.4 Å². The monoisotopic (exact) mass is 245 g/mol. The van der Waals surface area contributed by atoms with Gasteiger partial charge in [-0.2, -0.15) is 0 Å². The van der Waals surface area contributed by atoms with Crippen molar-refractivity contribution in [1.29, 1.82) is 0 Å². The topological polar surface area (TPSA) is 53.7 Å². The van der Waals surface area contributed by atoms with E-state index in [2.05, 4.69) is 0 Å². The number of carbonyl (C=O) groups is 1. The van der Waals surface area contributed by atoms with E-state index in [1.165, 1.54) is 0 Å². The van der Waals surface area contributed by atoms with E-state index < -0.39 is 0 Å². The lowest BCUT2D eigenvalue weighted by Crippen LogP contribution is -2.35. The molecule has 0 atom stereocenters. The van der Waals surface area contributed by atoms with Gasteiger partial charge in [-0.25, -0.2) is 0 Å². The van der Waals surface area contributed by atoms with Gasteiger partial charge in [0.1, 0.15) is 5.58 Å². The number of aliphatic hydroxyl groups excluding tert-OH is 1. The summed E-state index contributed by atoms with van der Waals surface area (Å²) in [5, 5.41) is 9.96. The maximum Gasteiger partial charge on any atom is 0.289 e. The fourth-order valence-corrected chi connectivity index (χ4v) is 2.17. The molecule has 1 saturated carbocycles. The summed E-state index contributed by atoms with van der Waals surface area (Å²) in [7, 11) is 0. The van der Waals surface area contributed by atoms with Gasteiger partial charge in [-0.15, -0.1) is 0 Å². The van der Waals surface area contributed by atoms with Crippen LogP contribution in [0.15, 0.2) is 34.7 Å². The molecule has 18 heavy (non-hydrogen) atoms. The molecule has 1 aromatic carbocycles. The number of hydrogen-bond donors (Lipinski definition) is 1. The Kier molecular flexibility index (Phi) is 2.80. The number of amides is 1. The molecule has 1 aliphatic carbocycles. The van der Waals surface area contributed by atoms with Gasteiger partial charge in [0, 0.05) is 18.0 Å². The number of nitrogens with zero attached hydrogens (tertiary/aromatic N) is 1. The normalized spacial score (nSPS) is 14.9. The van der Waals surface area contributed by atoms with E-state index in [9.17, 15) is 4.79 Å². The SMILES string of the molecule is O=C(c1cc2ccccc2o1)N(CCO)C1CC1. The van der Waals surface area contributed by atoms with Crippen molar-refractivity contribution in [2.75, 3.05) is 13.2 Å². The van der Waals surface area contributed by atoms with Crippen LogP contribution in [0.5, 0.6) is 0 Å². The van der Waals surface area contributed by atoms with Gasteiger partial charge < -0.3 is 14.4 Å². The van der Waals surface area contributed by atoms with Crippen molar-refractivity contribution in [2.24, 2.45) is 0 Å². The largest absolute Gasteiger partial charge is 0.451 e. The lowest BCUT2D eigenvalue weighted by Gasteiger charge is -2.19. The molecule has 0 unspecified atom stereocenters. The van der Waals surface area contributed by atoms with Gasteiger partial charge in [-0.3, -0.25) is 4.79 Å². The van der Waals surface area contributed by atoms with E-state index in [-0.39, 0.29) is 18.6 Å². The van der Waals surface area contributed by atoms with Crippen LogP contribution in [0, 0.1) is 0 Å². The fraction of sp³-hybridized carbons (Fsp3) is 0.357. The number of aliphatic hydroxyl groups is 1.